The van der Waals surface area contributed by atoms with Crippen molar-refractivity contribution in [3.8, 4) is 0 Å². The van der Waals surface area contributed by atoms with Crippen LogP contribution in [-0.2, 0) is 12.7 Å². The Bertz CT molecular complexity index is 1390. The Hall–Kier alpha value is -3.38. The zero-order chi connectivity index (χ0) is 24.9. The molecule has 4 aromatic rings. The lowest BCUT2D eigenvalue weighted by molar-refractivity contribution is -0.142. The number of rotatable bonds is 7. The second-order valence-corrected chi connectivity index (χ2v) is 9.56. The minimum absolute atomic E-state index is 0.120. The summed E-state index contributed by atoms with van der Waals surface area (Å²) >= 11 is 0. The zero-order valence-electron chi connectivity index (χ0n) is 19.5. The molecule has 0 spiro atoms. The van der Waals surface area contributed by atoms with Crippen LogP contribution < -0.4 is 16.0 Å². The van der Waals surface area contributed by atoms with Crippen LogP contribution in [0.5, 0.6) is 0 Å². The number of aromatic nitrogens is 5. The fourth-order valence-corrected chi connectivity index (χ4v) is 4.81. The molecule has 190 valence electrons. The van der Waals surface area contributed by atoms with Crippen molar-refractivity contribution in [3.05, 3.63) is 53.6 Å². The van der Waals surface area contributed by atoms with E-state index in [1.54, 1.807) is 10.6 Å². The summed E-state index contributed by atoms with van der Waals surface area (Å²) in [5.41, 5.74) is 1.78. The SMILES string of the molecule is O[C@H]1CNCC[C@@H]1CNc1cc(NCc2cn3c(C(F)(F)F)cccc3n2)n2ncc(C3CC3)c2n1. The van der Waals surface area contributed by atoms with E-state index < -0.39 is 18.0 Å². The number of anilines is 2. The van der Waals surface area contributed by atoms with Crippen LogP contribution in [-0.4, -0.2) is 54.8 Å². The quantitative estimate of drug-likeness (QED) is 0.309. The molecule has 0 unspecified atom stereocenters. The van der Waals surface area contributed by atoms with Crippen molar-refractivity contribution >= 4 is 22.9 Å². The summed E-state index contributed by atoms with van der Waals surface area (Å²) in [7, 11) is 0. The highest BCUT2D eigenvalue weighted by Crippen LogP contribution is 2.42. The molecule has 2 atom stereocenters. The number of halogens is 3. The first-order chi connectivity index (χ1) is 17.4. The summed E-state index contributed by atoms with van der Waals surface area (Å²) in [4.78, 5) is 9.16. The smallest absolute Gasteiger partial charge is 0.391 e. The minimum atomic E-state index is -4.47. The number of aliphatic hydroxyl groups is 1. The number of β-amino-alcohol motifs (C(OH)–C–C–N with tert-alkyl or cyclic N) is 1. The van der Waals surface area contributed by atoms with E-state index in [0.717, 1.165) is 47.5 Å². The zero-order valence-corrected chi connectivity index (χ0v) is 19.5. The summed E-state index contributed by atoms with van der Waals surface area (Å²) in [5, 5.41) is 24.6. The summed E-state index contributed by atoms with van der Waals surface area (Å²) < 4.78 is 43.0. The third-order valence-electron chi connectivity index (χ3n) is 6.93. The fourth-order valence-electron chi connectivity index (χ4n) is 4.81. The summed E-state index contributed by atoms with van der Waals surface area (Å²) in [5.74, 6) is 1.89. The van der Waals surface area contributed by atoms with Crippen LogP contribution in [0.15, 0.2) is 36.7 Å². The van der Waals surface area contributed by atoms with Gasteiger partial charge in [-0.3, -0.25) is 4.40 Å². The van der Waals surface area contributed by atoms with Crippen LogP contribution in [0.25, 0.3) is 11.3 Å². The van der Waals surface area contributed by atoms with Gasteiger partial charge in [-0.2, -0.15) is 22.8 Å². The Balaban J connectivity index is 1.27. The number of nitrogens with zero attached hydrogens (tertiary/aromatic N) is 5. The number of aliphatic hydroxyl groups excluding tert-OH is 1. The van der Waals surface area contributed by atoms with Crippen molar-refractivity contribution in [1.29, 1.82) is 0 Å². The molecule has 5 heterocycles. The average Bonchev–Trinajstić information content (AvgIpc) is 3.46. The summed E-state index contributed by atoms with van der Waals surface area (Å²) in [6.07, 6.45) is 1.43. The van der Waals surface area contributed by atoms with E-state index in [2.05, 4.69) is 26.0 Å². The number of fused-ring (bicyclic) bond motifs is 2. The van der Waals surface area contributed by atoms with Gasteiger partial charge in [-0.1, -0.05) is 6.07 Å². The van der Waals surface area contributed by atoms with Gasteiger partial charge in [0.2, 0.25) is 0 Å². The Morgan fingerprint density at radius 1 is 1.14 bits per heavy atom. The Kier molecular flexibility index (Phi) is 5.72. The van der Waals surface area contributed by atoms with Gasteiger partial charge in [-0.25, -0.2) is 9.97 Å². The number of hydrogen-bond acceptors (Lipinski definition) is 7. The highest BCUT2D eigenvalue weighted by atomic mass is 19.4. The van der Waals surface area contributed by atoms with Crippen molar-refractivity contribution in [2.24, 2.45) is 5.92 Å². The molecule has 0 radical (unpaired) electrons. The molecule has 1 saturated heterocycles. The van der Waals surface area contributed by atoms with E-state index in [-0.39, 0.29) is 18.1 Å². The van der Waals surface area contributed by atoms with Gasteiger partial charge >= 0.3 is 6.18 Å². The third-order valence-corrected chi connectivity index (χ3v) is 6.93. The van der Waals surface area contributed by atoms with Crippen LogP contribution in [0.3, 0.4) is 0 Å². The number of hydrogen-bond donors (Lipinski definition) is 4. The average molecular weight is 501 g/mol. The predicted molar refractivity (Wildman–Crippen MR) is 128 cm³/mol. The number of alkyl halides is 3. The van der Waals surface area contributed by atoms with Gasteiger partial charge in [0.15, 0.2) is 5.65 Å². The minimum Gasteiger partial charge on any atom is -0.391 e. The molecule has 1 aliphatic carbocycles. The first-order valence-electron chi connectivity index (χ1n) is 12.2. The van der Waals surface area contributed by atoms with Crippen molar-refractivity contribution in [3.63, 3.8) is 0 Å². The molecule has 0 bridgehead atoms. The van der Waals surface area contributed by atoms with Gasteiger partial charge in [0.25, 0.3) is 0 Å². The largest absolute Gasteiger partial charge is 0.431 e. The lowest BCUT2D eigenvalue weighted by Crippen LogP contribution is -2.43. The maximum Gasteiger partial charge on any atom is 0.431 e. The summed E-state index contributed by atoms with van der Waals surface area (Å²) in [6.45, 7) is 2.25. The molecule has 4 aromatic heterocycles. The molecule has 1 aliphatic heterocycles. The molecule has 2 aliphatic rings. The molecule has 6 rings (SSSR count). The van der Waals surface area contributed by atoms with Crippen LogP contribution in [0, 0.1) is 5.92 Å². The van der Waals surface area contributed by atoms with E-state index in [1.165, 1.54) is 12.3 Å². The molecule has 9 nitrogen and oxygen atoms in total. The highest BCUT2D eigenvalue weighted by molar-refractivity contribution is 5.61. The predicted octanol–water partition coefficient (Wildman–Crippen LogP) is 3.27. The lowest BCUT2D eigenvalue weighted by atomic mass is 9.95. The second-order valence-electron chi connectivity index (χ2n) is 9.56. The Morgan fingerprint density at radius 2 is 2.00 bits per heavy atom. The molecule has 4 N–H and O–H groups in total. The highest BCUT2D eigenvalue weighted by Gasteiger charge is 2.33. The number of piperidine rings is 1. The lowest BCUT2D eigenvalue weighted by Gasteiger charge is -2.28. The van der Waals surface area contributed by atoms with Gasteiger partial charge < -0.3 is 21.1 Å². The maximum atomic E-state index is 13.4. The Morgan fingerprint density at radius 3 is 2.78 bits per heavy atom. The first-order valence-corrected chi connectivity index (χ1v) is 12.2. The second kappa shape index (κ2) is 8.93. The topological polar surface area (TPSA) is 104 Å². The molecular formula is C24H27F3N8O. The van der Waals surface area contributed by atoms with E-state index in [1.807, 2.05) is 12.3 Å². The molecule has 2 fully saturated rings. The van der Waals surface area contributed by atoms with Crippen molar-refractivity contribution in [2.75, 3.05) is 30.3 Å². The van der Waals surface area contributed by atoms with E-state index >= 15 is 0 Å². The van der Waals surface area contributed by atoms with Crippen LogP contribution >= 0.6 is 0 Å². The van der Waals surface area contributed by atoms with Crippen molar-refractivity contribution in [1.82, 2.24) is 29.3 Å². The van der Waals surface area contributed by atoms with Crippen LogP contribution in [0.1, 0.15) is 42.1 Å². The molecule has 0 amide bonds. The first kappa shape index (κ1) is 23.0. The normalized spacial score (nSPS) is 20.8. The van der Waals surface area contributed by atoms with Gasteiger partial charge in [0, 0.05) is 36.8 Å². The molecular weight excluding hydrogens is 473 g/mol. The standard InChI is InChI=1S/C24H27F3N8O/c25-24(26,27)19-2-1-3-21-32-16(13-34(19)21)10-30-22-8-20(29-9-15-6-7-28-12-18(15)36)33-23-17(14-4-5-14)11-31-35(22)23/h1-3,8,11,13-15,18,28,30,36H,4-7,9-10,12H2,(H,29,33)/t15-,18+/m1/s1. The Labute approximate surface area is 204 Å². The van der Waals surface area contributed by atoms with Crippen LogP contribution in [0.2, 0.25) is 0 Å². The number of imidazole rings is 1. The number of pyridine rings is 1. The monoisotopic (exact) mass is 500 g/mol. The van der Waals surface area contributed by atoms with Crippen LogP contribution in [0.4, 0.5) is 24.8 Å². The van der Waals surface area contributed by atoms with Crippen molar-refractivity contribution in [2.45, 2.75) is 44.0 Å². The third kappa shape index (κ3) is 4.46. The van der Waals surface area contributed by atoms with Crippen molar-refractivity contribution < 1.29 is 18.3 Å². The fraction of sp³-hybridized carbons (Fsp3) is 0.458. The van der Waals surface area contributed by atoms with Gasteiger partial charge in [0.05, 0.1) is 24.5 Å². The molecule has 1 saturated carbocycles. The summed E-state index contributed by atoms with van der Waals surface area (Å²) in [6, 6.07) is 5.78. The van der Waals surface area contributed by atoms with E-state index in [9.17, 15) is 18.3 Å². The van der Waals surface area contributed by atoms with Gasteiger partial charge in [-0.05, 0) is 43.9 Å². The van der Waals surface area contributed by atoms with Gasteiger partial charge in [-0.15, -0.1) is 0 Å². The van der Waals surface area contributed by atoms with E-state index in [4.69, 9.17) is 4.98 Å². The molecule has 36 heavy (non-hydrogen) atoms. The van der Waals surface area contributed by atoms with E-state index in [0.29, 0.717) is 36.3 Å². The van der Waals surface area contributed by atoms with Gasteiger partial charge in [0.1, 0.15) is 23.0 Å². The number of nitrogens with one attached hydrogen (secondary N) is 3. The molecule has 12 heteroatoms. The molecule has 0 aromatic carbocycles. The maximum absolute atomic E-state index is 13.4.